The summed E-state index contributed by atoms with van der Waals surface area (Å²) >= 11 is 3.16. The minimum atomic E-state index is -3.85. The first kappa shape index (κ1) is 17.7. The fourth-order valence-corrected chi connectivity index (χ4v) is 3.97. The third-order valence-corrected chi connectivity index (χ3v) is 5.58. The van der Waals surface area contributed by atoms with Gasteiger partial charge in [0.15, 0.2) is 0 Å². The van der Waals surface area contributed by atoms with Crippen LogP contribution in [0.4, 0.5) is 10.1 Å². The minimum absolute atomic E-state index is 0.0181. The lowest BCUT2D eigenvalue weighted by atomic mass is 10.3. The molecule has 0 aliphatic rings. The first-order valence-electron chi connectivity index (χ1n) is 7.10. The maximum atomic E-state index is 14.1. The van der Waals surface area contributed by atoms with Gasteiger partial charge in [-0.2, -0.15) is 0 Å². The second-order valence-corrected chi connectivity index (χ2v) is 7.45. The van der Waals surface area contributed by atoms with E-state index in [4.69, 9.17) is 4.74 Å². The summed E-state index contributed by atoms with van der Waals surface area (Å²) < 4.78 is 46.6. The van der Waals surface area contributed by atoms with Crippen LogP contribution in [-0.4, -0.2) is 21.6 Å². The van der Waals surface area contributed by atoms with Gasteiger partial charge in [0.25, 0.3) is 10.0 Å². The molecule has 0 saturated carbocycles. The van der Waals surface area contributed by atoms with Gasteiger partial charge in [-0.25, -0.2) is 12.8 Å². The molecule has 0 fully saturated rings. The fraction of sp³-hybridized carbons (Fsp3) is 0.250. The van der Waals surface area contributed by atoms with Crippen molar-refractivity contribution in [3.05, 3.63) is 52.8 Å². The van der Waals surface area contributed by atoms with E-state index < -0.39 is 15.8 Å². The maximum Gasteiger partial charge on any atom is 0.264 e. The summed E-state index contributed by atoms with van der Waals surface area (Å²) in [6.07, 6.45) is 0. The number of benzene rings is 2. The average Bonchev–Trinajstić information content (AvgIpc) is 2.51. The van der Waals surface area contributed by atoms with Crippen molar-refractivity contribution in [2.24, 2.45) is 0 Å². The molecule has 0 aromatic heterocycles. The zero-order chi connectivity index (χ0) is 17.0. The Labute approximate surface area is 144 Å². The molecular formula is C16H17BrFNO3S. The summed E-state index contributed by atoms with van der Waals surface area (Å²) in [5.41, 5.74) is 0.0181. The van der Waals surface area contributed by atoms with Crippen LogP contribution in [-0.2, 0) is 10.0 Å². The number of hydrogen-bond acceptors (Lipinski definition) is 3. The molecule has 0 aliphatic heterocycles. The van der Waals surface area contributed by atoms with Crippen molar-refractivity contribution in [3.63, 3.8) is 0 Å². The number of hydrogen-bond donors (Lipinski definition) is 0. The lowest BCUT2D eigenvalue weighted by Crippen LogP contribution is -2.31. The standard InChI is InChI=1S/C16H17BrFNO3S/c1-3-19(16-10-5-12(17)11-15(16)18)23(20,21)14-8-6-13(7-9-14)22-4-2/h5-11H,3-4H2,1-2H3. The molecule has 0 N–H and O–H groups in total. The molecule has 23 heavy (non-hydrogen) atoms. The quantitative estimate of drug-likeness (QED) is 0.728. The van der Waals surface area contributed by atoms with Gasteiger partial charge in [-0.15, -0.1) is 0 Å². The van der Waals surface area contributed by atoms with Crippen molar-refractivity contribution >= 4 is 31.6 Å². The van der Waals surface area contributed by atoms with Crippen molar-refractivity contribution in [2.75, 3.05) is 17.5 Å². The number of rotatable bonds is 6. The summed E-state index contributed by atoms with van der Waals surface area (Å²) in [4.78, 5) is 0.0881. The Bertz CT molecular complexity index is 778. The van der Waals surface area contributed by atoms with Crippen LogP contribution in [0.5, 0.6) is 5.75 Å². The van der Waals surface area contributed by atoms with E-state index in [1.807, 2.05) is 6.92 Å². The van der Waals surface area contributed by atoms with E-state index in [0.29, 0.717) is 16.8 Å². The van der Waals surface area contributed by atoms with E-state index in [1.54, 1.807) is 25.1 Å². The van der Waals surface area contributed by atoms with E-state index >= 15 is 0 Å². The summed E-state index contributed by atoms with van der Waals surface area (Å²) in [5, 5.41) is 0. The average molecular weight is 402 g/mol. The van der Waals surface area contributed by atoms with Crippen LogP contribution in [0.25, 0.3) is 0 Å². The lowest BCUT2D eigenvalue weighted by Gasteiger charge is -2.23. The number of halogens is 2. The summed E-state index contributed by atoms with van der Waals surface area (Å²) in [6.45, 7) is 4.12. The highest BCUT2D eigenvalue weighted by Crippen LogP contribution is 2.28. The van der Waals surface area contributed by atoms with Crippen molar-refractivity contribution in [1.82, 2.24) is 0 Å². The van der Waals surface area contributed by atoms with Gasteiger partial charge in [0.2, 0.25) is 0 Å². The molecule has 0 heterocycles. The minimum Gasteiger partial charge on any atom is -0.494 e. The van der Waals surface area contributed by atoms with Crippen LogP contribution < -0.4 is 9.04 Å². The van der Waals surface area contributed by atoms with Crippen molar-refractivity contribution in [2.45, 2.75) is 18.7 Å². The molecule has 2 rings (SSSR count). The number of nitrogens with zero attached hydrogens (tertiary/aromatic N) is 1. The Morgan fingerprint density at radius 1 is 1.13 bits per heavy atom. The molecular weight excluding hydrogens is 385 g/mol. The third-order valence-electron chi connectivity index (χ3n) is 3.19. The Morgan fingerprint density at radius 2 is 1.78 bits per heavy atom. The second kappa shape index (κ2) is 7.31. The smallest absolute Gasteiger partial charge is 0.264 e. The topological polar surface area (TPSA) is 46.6 Å². The van der Waals surface area contributed by atoms with Crippen molar-refractivity contribution in [3.8, 4) is 5.75 Å². The SMILES string of the molecule is CCOc1ccc(S(=O)(=O)N(CC)c2ccc(Br)cc2F)cc1. The largest absolute Gasteiger partial charge is 0.494 e. The zero-order valence-corrected chi connectivity index (χ0v) is 15.2. The molecule has 0 spiro atoms. The Balaban J connectivity index is 2.42. The predicted octanol–water partition coefficient (Wildman–Crippen LogP) is 4.20. The molecule has 124 valence electrons. The van der Waals surface area contributed by atoms with Crippen molar-refractivity contribution in [1.29, 1.82) is 0 Å². The van der Waals surface area contributed by atoms with E-state index in [2.05, 4.69) is 15.9 Å². The van der Waals surface area contributed by atoms with Gasteiger partial charge in [0.1, 0.15) is 11.6 Å². The Kier molecular flexibility index (Phi) is 5.64. The highest BCUT2D eigenvalue weighted by molar-refractivity contribution is 9.10. The zero-order valence-electron chi connectivity index (χ0n) is 12.8. The van der Waals surface area contributed by atoms with E-state index in [-0.39, 0.29) is 17.1 Å². The molecule has 0 aliphatic carbocycles. The van der Waals surface area contributed by atoms with E-state index in [9.17, 15) is 12.8 Å². The van der Waals surface area contributed by atoms with Gasteiger partial charge in [0.05, 0.1) is 17.2 Å². The molecule has 0 bridgehead atoms. The molecule has 2 aromatic rings. The molecule has 0 unspecified atom stereocenters. The van der Waals surface area contributed by atoms with Crippen LogP contribution in [0, 0.1) is 5.82 Å². The molecule has 0 atom stereocenters. The number of ether oxygens (including phenoxy) is 1. The van der Waals surface area contributed by atoms with Gasteiger partial charge in [-0.05, 0) is 56.3 Å². The van der Waals surface area contributed by atoms with E-state index in [0.717, 1.165) is 4.31 Å². The first-order chi connectivity index (χ1) is 10.9. The van der Waals surface area contributed by atoms with Crippen LogP contribution >= 0.6 is 15.9 Å². The number of anilines is 1. The molecule has 0 saturated heterocycles. The number of sulfonamides is 1. The van der Waals surface area contributed by atoms with Crippen LogP contribution in [0.2, 0.25) is 0 Å². The van der Waals surface area contributed by atoms with Gasteiger partial charge in [-0.3, -0.25) is 4.31 Å². The first-order valence-corrected chi connectivity index (χ1v) is 9.34. The van der Waals surface area contributed by atoms with Gasteiger partial charge >= 0.3 is 0 Å². The van der Waals surface area contributed by atoms with Crippen LogP contribution in [0.3, 0.4) is 0 Å². The Hall–Kier alpha value is -1.60. The fourth-order valence-electron chi connectivity index (χ4n) is 2.16. The monoisotopic (exact) mass is 401 g/mol. The normalized spacial score (nSPS) is 11.3. The molecule has 7 heteroatoms. The molecule has 4 nitrogen and oxygen atoms in total. The highest BCUT2D eigenvalue weighted by Gasteiger charge is 2.25. The molecule has 2 aromatic carbocycles. The van der Waals surface area contributed by atoms with Gasteiger partial charge < -0.3 is 4.74 Å². The van der Waals surface area contributed by atoms with E-state index in [1.165, 1.54) is 24.3 Å². The summed E-state index contributed by atoms with van der Waals surface area (Å²) in [5.74, 6) is -0.0138. The highest BCUT2D eigenvalue weighted by atomic mass is 79.9. The predicted molar refractivity (Wildman–Crippen MR) is 91.9 cm³/mol. The molecule has 0 radical (unpaired) electrons. The second-order valence-electron chi connectivity index (χ2n) is 4.67. The van der Waals surface area contributed by atoms with Gasteiger partial charge in [-0.1, -0.05) is 15.9 Å². The third kappa shape index (κ3) is 3.84. The van der Waals surface area contributed by atoms with Crippen LogP contribution in [0.15, 0.2) is 51.8 Å². The lowest BCUT2D eigenvalue weighted by molar-refractivity contribution is 0.340. The van der Waals surface area contributed by atoms with Crippen molar-refractivity contribution < 1.29 is 17.5 Å². The maximum absolute atomic E-state index is 14.1. The summed E-state index contributed by atoms with van der Waals surface area (Å²) in [6, 6.07) is 10.4. The molecule has 0 amide bonds. The van der Waals surface area contributed by atoms with Gasteiger partial charge in [0, 0.05) is 11.0 Å². The summed E-state index contributed by atoms with van der Waals surface area (Å²) in [7, 11) is -3.85. The van der Waals surface area contributed by atoms with Crippen LogP contribution in [0.1, 0.15) is 13.8 Å². The Morgan fingerprint density at radius 3 is 2.30 bits per heavy atom.